The molecule has 3 heterocycles. The Balaban J connectivity index is 1.15. The van der Waals surface area contributed by atoms with Crippen molar-refractivity contribution in [3.63, 3.8) is 0 Å². The van der Waals surface area contributed by atoms with Crippen LogP contribution >= 0.6 is 0 Å². The fourth-order valence-corrected chi connectivity index (χ4v) is 4.81. The molecule has 2 aromatic heterocycles. The second-order valence-electron chi connectivity index (χ2n) is 9.39. The summed E-state index contributed by atoms with van der Waals surface area (Å²) in [5.41, 5.74) is 1.76. The van der Waals surface area contributed by atoms with Crippen LogP contribution in [0.1, 0.15) is 20.7 Å². The number of hydrogen-bond acceptors (Lipinski definition) is 6. The van der Waals surface area contributed by atoms with Gasteiger partial charge in [-0.2, -0.15) is 0 Å². The molecule has 3 aromatic carbocycles. The number of rotatable bonds is 5. The number of piperazine rings is 1. The van der Waals surface area contributed by atoms with E-state index in [0.717, 1.165) is 6.07 Å². The maximum atomic E-state index is 14.9. The molecule has 0 unspecified atom stereocenters. The molecule has 12 heteroatoms. The normalized spacial score (nSPS) is 13.4. The van der Waals surface area contributed by atoms with Crippen LogP contribution in [-0.4, -0.2) is 74.6 Å². The van der Waals surface area contributed by atoms with Crippen molar-refractivity contribution in [2.75, 3.05) is 31.5 Å². The van der Waals surface area contributed by atoms with E-state index in [2.05, 4.69) is 20.3 Å². The Labute approximate surface area is 231 Å². The number of anilines is 1. The fourth-order valence-electron chi connectivity index (χ4n) is 4.81. The lowest BCUT2D eigenvalue weighted by atomic mass is 10.1. The van der Waals surface area contributed by atoms with E-state index in [1.807, 2.05) is 18.2 Å². The Hall–Kier alpha value is -5.52. The summed E-state index contributed by atoms with van der Waals surface area (Å²) >= 11 is 0. The number of carbonyl (C=O) groups is 4. The molecule has 206 valence electrons. The molecule has 0 saturated carbocycles. The minimum atomic E-state index is -0.915. The predicted octanol–water partition coefficient (Wildman–Crippen LogP) is 3.96. The molecule has 1 saturated heterocycles. The summed E-state index contributed by atoms with van der Waals surface area (Å²) in [7, 11) is 0. The van der Waals surface area contributed by atoms with Gasteiger partial charge in [-0.05, 0) is 36.4 Å². The number of aromatic amines is 2. The lowest BCUT2D eigenvalue weighted by Gasteiger charge is -2.34. The van der Waals surface area contributed by atoms with Gasteiger partial charge in [-0.15, -0.1) is 0 Å². The molecule has 0 bridgehead atoms. The minimum Gasteiger partial charge on any atom is -0.408 e. The fraction of sp³-hybridized carbons (Fsp3) is 0.138. The highest BCUT2D eigenvalue weighted by atomic mass is 19.1. The molecule has 41 heavy (non-hydrogen) atoms. The molecular weight excluding hydrogens is 531 g/mol. The van der Waals surface area contributed by atoms with Crippen LogP contribution in [0.2, 0.25) is 0 Å². The van der Waals surface area contributed by atoms with Crippen molar-refractivity contribution in [2.24, 2.45) is 0 Å². The maximum absolute atomic E-state index is 14.9. The van der Waals surface area contributed by atoms with Crippen LogP contribution in [0.5, 0.6) is 5.75 Å². The van der Waals surface area contributed by atoms with Crippen molar-refractivity contribution in [3.05, 3.63) is 89.9 Å². The van der Waals surface area contributed by atoms with Gasteiger partial charge in [0.1, 0.15) is 5.82 Å². The third-order valence-electron chi connectivity index (χ3n) is 6.87. The first kappa shape index (κ1) is 25.7. The molecule has 0 radical (unpaired) electrons. The Morgan fingerprint density at radius 3 is 2.34 bits per heavy atom. The lowest BCUT2D eigenvalue weighted by Crippen LogP contribution is -2.52. The summed E-state index contributed by atoms with van der Waals surface area (Å²) in [5.74, 6) is -2.53. The first-order valence-electron chi connectivity index (χ1n) is 12.8. The number of fused-ring (bicyclic) bond motifs is 2. The number of imidazole rings is 1. The third kappa shape index (κ3) is 4.98. The van der Waals surface area contributed by atoms with E-state index in [-0.39, 0.29) is 60.3 Å². The largest absolute Gasteiger partial charge is 0.419 e. The van der Waals surface area contributed by atoms with E-state index >= 15 is 0 Å². The van der Waals surface area contributed by atoms with Gasteiger partial charge >= 0.3 is 6.09 Å². The van der Waals surface area contributed by atoms with Crippen molar-refractivity contribution in [3.8, 4) is 5.75 Å². The van der Waals surface area contributed by atoms with E-state index in [4.69, 9.17) is 4.74 Å². The molecule has 1 fully saturated rings. The minimum absolute atomic E-state index is 0.0409. The predicted molar refractivity (Wildman–Crippen MR) is 147 cm³/mol. The van der Waals surface area contributed by atoms with Gasteiger partial charge in [0.05, 0.1) is 27.5 Å². The molecule has 11 nitrogen and oxygen atoms in total. The molecule has 5 aromatic rings. The third-order valence-corrected chi connectivity index (χ3v) is 6.87. The van der Waals surface area contributed by atoms with Crippen LogP contribution in [0.15, 0.2) is 72.9 Å². The second kappa shape index (κ2) is 10.6. The Kier molecular flexibility index (Phi) is 6.63. The van der Waals surface area contributed by atoms with E-state index in [0.29, 0.717) is 16.6 Å². The number of aromatic nitrogens is 3. The maximum Gasteiger partial charge on any atom is 0.419 e. The Morgan fingerprint density at radius 1 is 0.878 bits per heavy atom. The van der Waals surface area contributed by atoms with E-state index in [9.17, 15) is 23.6 Å². The number of nitrogens with zero attached hydrogens (tertiary/aromatic N) is 3. The number of para-hydroxylation sites is 2. The van der Waals surface area contributed by atoms with Crippen LogP contribution < -0.4 is 10.1 Å². The van der Waals surface area contributed by atoms with Crippen LogP contribution in [0.3, 0.4) is 0 Å². The zero-order valence-corrected chi connectivity index (χ0v) is 21.5. The molecular formula is C29H23FN6O5. The number of nitrogens with one attached hydrogen (secondary N) is 3. The smallest absolute Gasteiger partial charge is 0.408 e. The molecule has 6 rings (SSSR count). The van der Waals surface area contributed by atoms with Crippen LogP contribution in [-0.2, 0) is 4.79 Å². The number of halogens is 1. The van der Waals surface area contributed by atoms with Gasteiger partial charge in [0.25, 0.3) is 17.6 Å². The van der Waals surface area contributed by atoms with E-state index < -0.39 is 23.6 Å². The van der Waals surface area contributed by atoms with Crippen molar-refractivity contribution in [1.29, 1.82) is 0 Å². The Bertz CT molecular complexity index is 1770. The number of hydrogen-bond donors (Lipinski definition) is 3. The Morgan fingerprint density at radius 2 is 1.59 bits per heavy atom. The summed E-state index contributed by atoms with van der Waals surface area (Å²) in [6, 6.07) is 18.3. The van der Waals surface area contributed by atoms with Crippen LogP contribution in [0.25, 0.3) is 21.9 Å². The van der Waals surface area contributed by atoms with Gasteiger partial charge in [0, 0.05) is 37.9 Å². The zero-order valence-electron chi connectivity index (χ0n) is 21.5. The van der Waals surface area contributed by atoms with E-state index in [1.165, 1.54) is 17.2 Å². The summed E-state index contributed by atoms with van der Waals surface area (Å²) < 4.78 is 20.3. The number of ether oxygens (including phenoxy) is 1. The number of H-pyrrole nitrogens is 2. The number of Topliss-reactive ketones (excluding diaryl/α,β-unsaturated/α-hetero) is 1. The number of carbonyl (C=O) groups excluding carboxylic acids is 4. The van der Waals surface area contributed by atoms with Gasteiger partial charge in [-0.3, -0.25) is 19.7 Å². The van der Waals surface area contributed by atoms with Gasteiger partial charge in [-0.1, -0.05) is 30.3 Å². The average Bonchev–Trinajstić information content (AvgIpc) is 3.63. The number of ketones is 1. The monoisotopic (exact) mass is 554 g/mol. The van der Waals surface area contributed by atoms with Gasteiger partial charge in [0.15, 0.2) is 5.75 Å². The number of amides is 3. The van der Waals surface area contributed by atoms with Crippen LogP contribution in [0.4, 0.5) is 15.1 Å². The SMILES string of the molecule is O=C(Nc1nc2ccccc2[nH]1)Oc1ccc(F)c2c(C(=O)C(=O)N3CCN(C(=O)c4ccccc4)CC3)c[nH]c12. The standard InChI is InChI=1S/C29H23FN6O5/c30-19-10-11-22(41-29(40)34-28-32-20-8-4-5-9-21(20)33-28)24-23(19)18(16-31-24)25(37)27(39)36-14-12-35(13-15-36)26(38)17-6-2-1-3-7-17/h1-11,16,31H,12-15H2,(H2,32,33,34,40). The van der Waals surface area contributed by atoms with Crippen molar-refractivity contribution >= 4 is 51.6 Å². The van der Waals surface area contributed by atoms with Gasteiger partial charge in [-0.25, -0.2) is 14.2 Å². The second-order valence-corrected chi connectivity index (χ2v) is 9.39. The van der Waals surface area contributed by atoms with Crippen molar-refractivity contribution < 1.29 is 28.3 Å². The van der Waals surface area contributed by atoms with Crippen molar-refractivity contribution in [2.45, 2.75) is 0 Å². The molecule has 0 spiro atoms. The molecule has 0 atom stereocenters. The highest BCUT2D eigenvalue weighted by molar-refractivity contribution is 6.45. The molecule has 0 aliphatic carbocycles. The molecule has 1 aliphatic rings. The van der Waals surface area contributed by atoms with Crippen molar-refractivity contribution in [1.82, 2.24) is 24.8 Å². The van der Waals surface area contributed by atoms with Gasteiger partial charge < -0.3 is 24.5 Å². The number of benzene rings is 3. The molecule has 3 N–H and O–H groups in total. The lowest BCUT2D eigenvalue weighted by molar-refractivity contribution is -0.127. The zero-order chi connectivity index (χ0) is 28.5. The highest BCUT2D eigenvalue weighted by Crippen LogP contribution is 2.31. The van der Waals surface area contributed by atoms with Crippen LogP contribution in [0, 0.1) is 5.82 Å². The summed E-state index contributed by atoms with van der Waals surface area (Å²) in [6.45, 7) is 0.829. The summed E-state index contributed by atoms with van der Waals surface area (Å²) in [6.07, 6.45) is 0.325. The molecule has 1 aliphatic heterocycles. The summed E-state index contributed by atoms with van der Waals surface area (Å²) in [4.78, 5) is 64.4. The highest BCUT2D eigenvalue weighted by Gasteiger charge is 2.31. The first-order chi connectivity index (χ1) is 19.9. The summed E-state index contributed by atoms with van der Waals surface area (Å²) in [5, 5.41) is 2.31. The average molecular weight is 555 g/mol. The first-order valence-corrected chi connectivity index (χ1v) is 12.8. The topological polar surface area (TPSA) is 140 Å². The van der Waals surface area contributed by atoms with E-state index in [1.54, 1.807) is 41.3 Å². The van der Waals surface area contributed by atoms with Gasteiger partial charge in [0.2, 0.25) is 5.95 Å². The quantitative estimate of drug-likeness (QED) is 0.222. The molecule has 3 amide bonds.